The van der Waals surface area contributed by atoms with Gasteiger partial charge in [0.25, 0.3) is 5.91 Å². The van der Waals surface area contributed by atoms with Crippen molar-refractivity contribution in [3.05, 3.63) is 78.0 Å². The number of carbonyl (C=O) groups excluding carboxylic acids is 1. The number of pyridine rings is 1. The molecule has 0 atom stereocenters. The number of carboxylic acid groups (broad SMARTS) is 1. The van der Waals surface area contributed by atoms with Crippen molar-refractivity contribution in [2.75, 3.05) is 22.9 Å². The number of para-hydroxylation sites is 3. The lowest BCUT2D eigenvalue weighted by Crippen LogP contribution is -2.45. The Hall–Kier alpha value is -4.33. The third-order valence-corrected chi connectivity index (χ3v) is 6.25. The normalized spacial score (nSPS) is 15.3. The summed E-state index contributed by atoms with van der Waals surface area (Å²) in [6.45, 7) is 1.28. The summed E-state index contributed by atoms with van der Waals surface area (Å²) in [7, 11) is 0. The van der Waals surface area contributed by atoms with E-state index in [4.69, 9.17) is 9.15 Å². The summed E-state index contributed by atoms with van der Waals surface area (Å²) in [5.74, 6) is -1.66. The summed E-state index contributed by atoms with van der Waals surface area (Å²) in [5, 5.41) is 10.2. The van der Waals surface area contributed by atoms with Gasteiger partial charge in [-0.3, -0.25) is 4.79 Å². The highest BCUT2D eigenvalue weighted by Crippen LogP contribution is 2.41. The van der Waals surface area contributed by atoms with Crippen LogP contribution in [0.5, 0.6) is 11.8 Å². The van der Waals surface area contributed by atoms with Gasteiger partial charge in [0.05, 0.1) is 11.4 Å². The van der Waals surface area contributed by atoms with E-state index in [0.29, 0.717) is 23.6 Å². The van der Waals surface area contributed by atoms with Crippen molar-refractivity contribution >= 4 is 34.2 Å². The minimum absolute atomic E-state index is 0.00356. The Kier molecular flexibility index (Phi) is 4.72. The van der Waals surface area contributed by atoms with Crippen molar-refractivity contribution in [1.82, 2.24) is 4.98 Å². The lowest BCUT2D eigenvalue weighted by atomic mass is 10.1. The fraction of sp³-hybridized carbons (Fsp3) is 0.192. The van der Waals surface area contributed by atoms with Gasteiger partial charge < -0.3 is 24.1 Å². The summed E-state index contributed by atoms with van der Waals surface area (Å²) < 4.78 is 11.5. The molecule has 0 bridgehead atoms. The lowest BCUT2D eigenvalue weighted by molar-refractivity contribution is 0.0693. The quantitative estimate of drug-likeness (QED) is 0.455. The van der Waals surface area contributed by atoms with Crippen LogP contribution >= 0.6 is 0 Å². The van der Waals surface area contributed by atoms with Gasteiger partial charge in [0.1, 0.15) is 11.1 Å². The highest BCUT2D eigenvalue weighted by molar-refractivity contribution is 6.10. The number of fused-ring (bicyclic) bond motifs is 2. The predicted octanol–water partition coefficient (Wildman–Crippen LogP) is 4.95. The Morgan fingerprint density at radius 2 is 1.74 bits per heavy atom. The molecule has 6 rings (SSSR count). The molecule has 1 aliphatic heterocycles. The zero-order valence-corrected chi connectivity index (χ0v) is 18.2. The number of furan rings is 1. The van der Waals surface area contributed by atoms with Gasteiger partial charge in [-0.25, -0.2) is 9.78 Å². The molecule has 1 aliphatic carbocycles. The summed E-state index contributed by atoms with van der Waals surface area (Å²) in [6.07, 6.45) is 3.84. The Morgan fingerprint density at radius 3 is 2.53 bits per heavy atom. The first-order valence-electron chi connectivity index (χ1n) is 11.2. The van der Waals surface area contributed by atoms with Crippen molar-refractivity contribution < 1.29 is 23.8 Å². The second-order valence-corrected chi connectivity index (χ2v) is 8.39. The van der Waals surface area contributed by atoms with E-state index in [2.05, 4.69) is 9.88 Å². The van der Waals surface area contributed by atoms with Crippen molar-refractivity contribution in [3.8, 4) is 11.8 Å². The first-order valence-corrected chi connectivity index (χ1v) is 11.2. The van der Waals surface area contributed by atoms with Crippen LogP contribution in [-0.4, -0.2) is 41.1 Å². The number of amides is 1. The van der Waals surface area contributed by atoms with E-state index in [-0.39, 0.29) is 28.9 Å². The van der Waals surface area contributed by atoms with E-state index in [0.717, 1.165) is 17.9 Å². The van der Waals surface area contributed by atoms with Gasteiger partial charge in [0, 0.05) is 30.7 Å². The maximum absolute atomic E-state index is 13.7. The van der Waals surface area contributed by atoms with Gasteiger partial charge in [-0.1, -0.05) is 30.3 Å². The maximum Gasteiger partial charge on any atom is 0.343 e. The fourth-order valence-corrected chi connectivity index (χ4v) is 4.53. The van der Waals surface area contributed by atoms with Crippen LogP contribution in [-0.2, 0) is 0 Å². The molecular formula is C26H21N3O5. The average Bonchev–Trinajstić information content (AvgIpc) is 3.63. The highest BCUT2D eigenvalue weighted by Gasteiger charge is 2.36. The molecule has 1 fully saturated rings. The number of nitrogens with zero attached hydrogens (tertiary/aromatic N) is 3. The van der Waals surface area contributed by atoms with E-state index in [1.165, 1.54) is 19.0 Å². The molecule has 8 nitrogen and oxygen atoms in total. The number of aromatic carboxylic acids is 1. The van der Waals surface area contributed by atoms with Crippen LogP contribution in [0.3, 0.4) is 0 Å². The predicted molar refractivity (Wildman–Crippen MR) is 126 cm³/mol. The first-order chi connectivity index (χ1) is 16.6. The third-order valence-electron chi connectivity index (χ3n) is 6.25. The number of ether oxygens (including phenoxy) is 1. The first kappa shape index (κ1) is 20.3. The number of hydrogen-bond acceptors (Lipinski definition) is 6. The van der Waals surface area contributed by atoms with Crippen LogP contribution in [0, 0.1) is 0 Å². The number of carboxylic acids is 1. The molecule has 1 saturated carbocycles. The number of hydrogen-bond donors (Lipinski definition) is 1. The van der Waals surface area contributed by atoms with Crippen molar-refractivity contribution in [3.63, 3.8) is 0 Å². The molecular weight excluding hydrogens is 434 g/mol. The number of aromatic nitrogens is 1. The van der Waals surface area contributed by atoms with Gasteiger partial charge in [-0.05, 0) is 43.2 Å². The number of benzene rings is 2. The zero-order chi connectivity index (χ0) is 23.2. The molecule has 0 saturated heterocycles. The van der Waals surface area contributed by atoms with E-state index < -0.39 is 5.97 Å². The molecule has 3 heterocycles. The summed E-state index contributed by atoms with van der Waals surface area (Å²) in [4.78, 5) is 34.0. The van der Waals surface area contributed by atoms with Gasteiger partial charge in [-0.15, -0.1) is 0 Å². The summed E-state index contributed by atoms with van der Waals surface area (Å²) in [6, 6.07) is 18.5. The Balaban J connectivity index is 1.37. The molecule has 8 heteroatoms. The SMILES string of the molecule is O=C(O)c1c(Oc2ncccc2C(=O)N2CCN(C3CC3)c3ccccc32)oc2ccccc12. The van der Waals surface area contributed by atoms with E-state index in [1.807, 2.05) is 24.3 Å². The fourth-order valence-electron chi connectivity index (χ4n) is 4.53. The largest absolute Gasteiger partial charge is 0.477 e. The third kappa shape index (κ3) is 3.35. The topological polar surface area (TPSA) is 96.1 Å². The van der Waals surface area contributed by atoms with E-state index in [9.17, 15) is 14.7 Å². The highest BCUT2D eigenvalue weighted by atomic mass is 16.6. The van der Waals surface area contributed by atoms with Gasteiger partial charge in [0.2, 0.25) is 5.88 Å². The molecule has 4 aromatic rings. The molecule has 0 radical (unpaired) electrons. The van der Waals surface area contributed by atoms with Crippen LogP contribution in [0.1, 0.15) is 33.6 Å². The minimum atomic E-state index is -1.19. The van der Waals surface area contributed by atoms with Gasteiger partial charge >= 0.3 is 11.9 Å². The Morgan fingerprint density at radius 1 is 0.971 bits per heavy atom. The van der Waals surface area contributed by atoms with E-state index >= 15 is 0 Å². The molecule has 2 aliphatic rings. The number of anilines is 2. The van der Waals surface area contributed by atoms with Crippen molar-refractivity contribution in [2.45, 2.75) is 18.9 Å². The van der Waals surface area contributed by atoms with Gasteiger partial charge in [0.15, 0.2) is 5.56 Å². The van der Waals surface area contributed by atoms with Crippen molar-refractivity contribution in [2.24, 2.45) is 0 Å². The number of carbonyl (C=O) groups is 2. The molecule has 170 valence electrons. The second kappa shape index (κ2) is 7.91. The molecule has 2 aromatic heterocycles. The number of rotatable bonds is 5. The molecule has 0 unspecified atom stereocenters. The molecule has 34 heavy (non-hydrogen) atoms. The second-order valence-electron chi connectivity index (χ2n) is 8.39. The zero-order valence-electron chi connectivity index (χ0n) is 18.2. The van der Waals surface area contributed by atoms with Crippen LogP contribution in [0.15, 0.2) is 71.3 Å². The molecule has 2 aromatic carbocycles. The Bertz CT molecular complexity index is 1420. The van der Waals surface area contributed by atoms with Crippen molar-refractivity contribution in [1.29, 1.82) is 0 Å². The van der Waals surface area contributed by atoms with Crippen LogP contribution in [0.4, 0.5) is 11.4 Å². The Labute approximate surface area is 195 Å². The van der Waals surface area contributed by atoms with Crippen LogP contribution < -0.4 is 14.5 Å². The smallest absolute Gasteiger partial charge is 0.343 e. The lowest BCUT2D eigenvalue weighted by Gasteiger charge is -2.38. The van der Waals surface area contributed by atoms with Crippen LogP contribution in [0.2, 0.25) is 0 Å². The standard InChI is InChI=1S/C26H21N3O5/c30-24(29-15-14-28(16-11-12-16)19-8-2-3-9-20(19)29)18-7-5-13-27-23(18)34-26-22(25(31)32)17-6-1-4-10-21(17)33-26/h1-10,13,16H,11-12,14-15H2,(H,31,32). The summed E-state index contributed by atoms with van der Waals surface area (Å²) in [5.41, 5.74) is 2.39. The monoisotopic (exact) mass is 455 g/mol. The molecule has 1 N–H and O–H groups in total. The average molecular weight is 455 g/mol. The van der Waals surface area contributed by atoms with Crippen LogP contribution in [0.25, 0.3) is 11.0 Å². The van der Waals surface area contributed by atoms with Gasteiger partial charge in [-0.2, -0.15) is 0 Å². The minimum Gasteiger partial charge on any atom is -0.477 e. The summed E-state index contributed by atoms with van der Waals surface area (Å²) >= 11 is 0. The molecule has 0 spiro atoms. The maximum atomic E-state index is 13.7. The molecule has 1 amide bonds. The van der Waals surface area contributed by atoms with E-state index in [1.54, 1.807) is 41.3 Å².